The molecule has 1 aromatic rings. The molecule has 2 saturated heterocycles. The number of nitrogens with one attached hydrogen (secondary N) is 1. The van der Waals surface area contributed by atoms with Crippen LogP contribution in [-0.4, -0.2) is 61.0 Å². The van der Waals surface area contributed by atoms with Crippen LogP contribution in [0.5, 0.6) is 0 Å². The van der Waals surface area contributed by atoms with Crippen LogP contribution in [0.1, 0.15) is 43.7 Å². The van der Waals surface area contributed by atoms with Crippen molar-refractivity contribution >= 4 is 30.7 Å². The van der Waals surface area contributed by atoms with Gasteiger partial charge in [-0.15, -0.1) is 24.8 Å². The second-order valence-electron chi connectivity index (χ2n) is 9.55. The summed E-state index contributed by atoms with van der Waals surface area (Å²) >= 11 is 0. The monoisotopic (exact) mass is 439 g/mol. The number of benzene rings is 1. The van der Waals surface area contributed by atoms with E-state index in [2.05, 4.69) is 46.3 Å². The highest BCUT2D eigenvalue weighted by Crippen LogP contribution is 2.69. The predicted molar refractivity (Wildman–Crippen MR) is 122 cm³/mol. The van der Waals surface area contributed by atoms with E-state index in [1.807, 2.05) is 0 Å². The van der Waals surface area contributed by atoms with E-state index < -0.39 is 0 Å². The Morgan fingerprint density at radius 3 is 2.31 bits per heavy atom. The summed E-state index contributed by atoms with van der Waals surface area (Å²) in [6, 6.07) is 9.53. The first-order chi connectivity index (χ1) is 13.1. The number of fused-ring (bicyclic) bond motifs is 1. The van der Waals surface area contributed by atoms with Crippen LogP contribution < -0.4 is 5.32 Å². The molecular formula is C23H35Cl2N3O. The number of carbonyl (C=O) groups excluding carboxylic acids is 1. The highest BCUT2D eigenvalue weighted by Gasteiger charge is 2.68. The molecule has 5 rings (SSSR count). The van der Waals surface area contributed by atoms with Crippen molar-refractivity contribution in [1.29, 1.82) is 0 Å². The van der Waals surface area contributed by atoms with Gasteiger partial charge in [0.15, 0.2) is 0 Å². The minimum absolute atomic E-state index is 0. The largest absolute Gasteiger partial charge is 0.341 e. The molecule has 1 saturated carbocycles. The zero-order chi connectivity index (χ0) is 18.5. The van der Waals surface area contributed by atoms with Gasteiger partial charge in [-0.1, -0.05) is 31.2 Å². The lowest BCUT2D eigenvalue weighted by atomic mass is 9.85. The summed E-state index contributed by atoms with van der Waals surface area (Å²) in [4.78, 5) is 18.3. The first kappa shape index (κ1) is 22.9. The molecule has 29 heavy (non-hydrogen) atoms. The van der Waals surface area contributed by atoms with Crippen LogP contribution in [0.25, 0.3) is 0 Å². The molecule has 6 heteroatoms. The highest BCUT2D eigenvalue weighted by molar-refractivity contribution is 5.87. The van der Waals surface area contributed by atoms with Crippen LogP contribution in [0.15, 0.2) is 24.3 Å². The predicted octanol–water partition coefficient (Wildman–Crippen LogP) is 3.31. The Hall–Kier alpha value is -0.810. The van der Waals surface area contributed by atoms with Crippen LogP contribution in [0.2, 0.25) is 0 Å². The minimum Gasteiger partial charge on any atom is -0.341 e. The number of rotatable bonds is 2. The molecule has 4 nitrogen and oxygen atoms in total. The van der Waals surface area contributed by atoms with Gasteiger partial charge in [-0.2, -0.15) is 0 Å². The van der Waals surface area contributed by atoms with Crippen molar-refractivity contribution in [1.82, 2.24) is 15.1 Å². The van der Waals surface area contributed by atoms with E-state index in [1.54, 1.807) is 0 Å². The maximum atomic E-state index is 13.4. The van der Waals surface area contributed by atoms with Gasteiger partial charge in [0.2, 0.25) is 5.91 Å². The molecule has 2 aliphatic heterocycles. The molecule has 1 spiro atoms. The Kier molecular flexibility index (Phi) is 6.89. The third-order valence-corrected chi connectivity index (χ3v) is 8.13. The van der Waals surface area contributed by atoms with Gasteiger partial charge in [0.25, 0.3) is 0 Å². The summed E-state index contributed by atoms with van der Waals surface area (Å²) in [5, 5.41) is 3.46. The van der Waals surface area contributed by atoms with Crippen molar-refractivity contribution in [2.24, 2.45) is 10.8 Å². The van der Waals surface area contributed by atoms with Crippen molar-refractivity contribution in [3.63, 3.8) is 0 Å². The average Bonchev–Trinajstić information content (AvgIpc) is 3.14. The Balaban J connectivity index is 0.00000120. The smallest absolute Gasteiger partial charge is 0.229 e. The highest BCUT2D eigenvalue weighted by atomic mass is 35.5. The second kappa shape index (κ2) is 8.74. The lowest BCUT2D eigenvalue weighted by Gasteiger charge is -2.31. The summed E-state index contributed by atoms with van der Waals surface area (Å²) < 4.78 is 0. The zero-order valence-electron chi connectivity index (χ0n) is 17.5. The van der Waals surface area contributed by atoms with Crippen molar-refractivity contribution < 1.29 is 4.79 Å². The van der Waals surface area contributed by atoms with Gasteiger partial charge >= 0.3 is 0 Å². The molecule has 1 aromatic carbocycles. The fraction of sp³-hybridized carbons (Fsp3) is 0.696. The van der Waals surface area contributed by atoms with E-state index in [4.69, 9.17) is 0 Å². The molecule has 1 amide bonds. The Morgan fingerprint density at radius 2 is 1.66 bits per heavy atom. The summed E-state index contributed by atoms with van der Waals surface area (Å²) in [6.45, 7) is 8.44. The quantitative estimate of drug-likeness (QED) is 0.767. The molecule has 3 fully saturated rings. The Morgan fingerprint density at radius 1 is 1.00 bits per heavy atom. The molecule has 0 bridgehead atoms. The standard InChI is InChI=1S/C23H33N3O.2ClH/c1-22(17-23(22)7-9-24-10-8-23)21(27)26-12-4-11-25(13-14-26)20-15-18-5-2-3-6-19(18)16-20;;/h2-3,5-6,20,24H,4,7-17H2,1H3;2*1H. The van der Waals surface area contributed by atoms with Crippen molar-refractivity contribution in [3.8, 4) is 0 Å². The van der Waals surface area contributed by atoms with Gasteiger partial charge in [0, 0.05) is 32.2 Å². The molecule has 162 valence electrons. The fourth-order valence-electron chi connectivity index (χ4n) is 6.22. The summed E-state index contributed by atoms with van der Waals surface area (Å²) in [5.41, 5.74) is 3.26. The lowest BCUT2D eigenvalue weighted by Crippen LogP contribution is -2.43. The van der Waals surface area contributed by atoms with E-state index in [0.29, 0.717) is 17.4 Å². The van der Waals surface area contributed by atoms with Gasteiger partial charge in [0.05, 0.1) is 5.41 Å². The molecule has 1 unspecified atom stereocenters. The van der Waals surface area contributed by atoms with Crippen molar-refractivity contribution in [2.45, 2.75) is 51.5 Å². The second-order valence-corrected chi connectivity index (χ2v) is 9.55. The van der Waals surface area contributed by atoms with Crippen LogP contribution in [0.3, 0.4) is 0 Å². The van der Waals surface area contributed by atoms with Gasteiger partial charge in [-0.05, 0) is 68.2 Å². The molecule has 0 radical (unpaired) electrons. The maximum absolute atomic E-state index is 13.4. The normalized spacial score (nSPS) is 28.8. The number of nitrogens with zero attached hydrogens (tertiary/aromatic N) is 2. The van der Waals surface area contributed by atoms with Gasteiger partial charge in [0.1, 0.15) is 0 Å². The first-order valence-corrected chi connectivity index (χ1v) is 10.9. The number of halogens is 2. The topological polar surface area (TPSA) is 35.6 Å². The van der Waals surface area contributed by atoms with Gasteiger partial charge in [-0.25, -0.2) is 0 Å². The molecule has 2 heterocycles. The van der Waals surface area contributed by atoms with Crippen LogP contribution in [-0.2, 0) is 17.6 Å². The number of hydrogen-bond acceptors (Lipinski definition) is 3. The molecule has 1 atom stereocenters. The third-order valence-electron chi connectivity index (χ3n) is 8.13. The van der Waals surface area contributed by atoms with Gasteiger partial charge in [-0.3, -0.25) is 9.69 Å². The SMILES string of the molecule is CC1(C(=O)N2CCCN(C3Cc4ccccc4C3)CC2)CC12CCNCC2.Cl.Cl. The third kappa shape index (κ3) is 3.94. The number of hydrogen-bond donors (Lipinski definition) is 1. The summed E-state index contributed by atoms with van der Waals surface area (Å²) in [5.74, 6) is 0.445. The molecular weight excluding hydrogens is 405 g/mol. The van der Waals surface area contributed by atoms with E-state index in [9.17, 15) is 4.79 Å². The Labute approximate surface area is 187 Å². The fourth-order valence-corrected chi connectivity index (χ4v) is 6.22. The molecule has 2 aliphatic carbocycles. The number of carbonyl (C=O) groups is 1. The van der Waals surface area contributed by atoms with Crippen LogP contribution >= 0.6 is 24.8 Å². The molecule has 0 aromatic heterocycles. The lowest BCUT2D eigenvalue weighted by molar-refractivity contribution is -0.138. The zero-order valence-corrected chi connectivity index (χ0v) is 19.1. The Bertz CT molecular complexity index is 712. The molecule has 1 N–H and O–H groups in total. The number of piperidine rings is 1. The van der Waals surface area contributed by atoms with Crippen LogP contribution in [0, 0.1) is 10.8 Å². The minimum atomic E-state index is -0.0894. The number of amides is 1. The van der Waals surface area contributed by atoms with E-state index >= 15 is 0 Å². The average molecular weight is 440 g/mol. The van der Waals surface area contributed by atoms with Gasteiger partial charge < -0.3 is 10.2 Å². The van der Waals surface area contributed by atoms with Crippen molar-refractivity contribution in [2.75, 3.05) is 39.3 Å². The van der Waals surface area contributed by atoms with E-state index in [0.717, 1.165) is 52.1 Å². The summed E-state index contributed by atoms with van der Waals surface area (Å²) in [6.07, 6.45) is 6.93. The molecule has 4 aliphatic rings. The summed E-state index contributed by atoms with van der Waals surface area (Å²) in [7, 11) is 0. The van der Waals surface area contributed by atoms with E-state index in [1.165, 1.54) is 36.8 Å². The van der Waals surface area contributed by atoms with E-state index in [-0.39, 0.29) is 30.2 Å². The van der Waals surface area contributed by atoms with Crippen molar-refractivity contribution in [3.05, 3.63) is 35.4 Å². The maximum Gasteiger partial charge on any atom is 0.229 e. The van der Waals surface area contributed by atoms with Crippen LogP contribution in [0.4, 0.5) is 0 Å². The first-order valence-electron chi connectivity index (χ1n) is 10.9.